The van der Waals surface area contributed by atoms with E-state index in [2.05, 4.69) is 34.5 Å². The molecular formula is C25H27FN2O6. The summed E-state index contributed by atoms with van der Waals surface area (Å²) >= 11 is 0. The summed E-state index contributed by atoms with van der Waals surface area (Å²) in [5.74, 6) is -2.56. The number of nitrogens with zero attached hydrogens (tertiary/aromatic N) is 1. The molecule has 0 aliphatic carbocycles. The first-order chi connectivity index (χ1) is 16.4. The molecule has 0 amide bonds. The molecule has 2 heterocycles. The molecular weight excluding hydrogens is 443 g/mol. The lowest BCUT2D eigenvalue weighted by Crippen LogP contribution is -2.36. The van der Waals surface area contributed by atoms with Gasteiger partial charge in [0.1, 0.15) is 17.3 Å². The number of rotatable bonds is 7. The van der Waals surface area contributed by atoms with Crippen LogP contribution in [0.15, 0.2) is 65.1 Å². The van der Waals surface area contributed by atoms with Crippen molar-refractivity contribution in [1.29, 1.82) is 0 Å². The Morgan fingerprint density at radius 1 is 0.882 bits per heavy atom. The van der Waals surface area contributed by atoms with Gasteiger partial charge in [0, 0.05) is 26.2 Å². The van der Waals surface area contributed by atoms with Crippen molar-refractivity contribution in [3.63, 3.8) is 0 Å². The first-order valence-corrected chi connectivity index (χ1v) is 10.8. The van der Waals surface area contributed by atoms with E-state index in [1.807, 2.05) is 18.2 Å². The van der Waals surface area contributed by atoms with E-state index in [1.54, 1.807) is 12.1 Å². The van der Waals surface area contributed by atoms with Gasteiger partial charge in [-0.25, -0.2) is 14.0 Å². The summed E-state index contributed by atoms with van der Waals surface area (Å²) in [7, 11) is 0. The van der Waals surface area contributed by atoms with E-state index < -0.39 is 11.9 Å². The molecule has 1 saturated heterocycles. The monoisotopic (exact) mass is 470 g/mol. The third-order valence-corrected chi connectivity index (χ3v) is 5.21. The van der Waals surface area contributed by atoms with Crippen LogP contribution in [-0.4, -0.2) is 53.4 Å². The molecule has 1 aliphatic rings. The van der Waals surface area contributed by atoms with Crippen LogP contribution in [0.25, 0.3) is 11.3 Å². The summed E-state index contributed by atoms with van der Waals surface area (Å²) in [5, 5.41) is 18.2. The minimum Gasteiger partial charge on any atom is -0.473 e. The smallest absolute Gasteiger partial charge is 0.414 e. The summed E-state index contributed by atoms with van der Waals surface area (Å²) in [5.41, 5.74) is 3.11. The number of aliphatic carboxylic acids is 2. The molecule has 180 valence electrons. The number of morpholine rings is 1. The predicted octanol–water partition coefficient (Wildman–Crippen LogP) is 3.36. The molecule has 0 radical (unpaired) electrons. The van der Waals surface area contributed by atoms with Gasteiger partial charge >= 0.3 is 11.9 Å². The van der Waals surface area contributed by atoms with Crippen molar-refractivity contribution in [2.75, 3.05) is 26.3 Å². The third-order valence-electron chi connectivity index (χ3n) is 5.21. The Labute approximate surface area is 196 Å². The number of benzene rings is 2. The van der Waals surface area contributed by atoms with E-state index in [0.717, 1.165) is 45.2 Å². The molecule has 0 saturated carbocycles. The lowest BCUT2D eigenvalue weighted by atomic mass is 10.1. The molecule has 0 atom stereocenters. The number of carbonyl (C=O) groups is 2. The number of hydrogen-bond donors (Lipinski definition) is 3. The fourth-order valence-electron chi connectivity index (χ4n) is 3.48. The van der Waals surface area contributed by atoms with Crippen LogP contribution in [-0.2, 0) is 34.0 Å². The number of furan rings is 1. The Kier molecular flexibility index (Phi) is 9.33. The van der Waals surface area contributed by atoms with Crippen LogP contribution < -0.4 is 5.32 Å². The maximum absolute atomic E-state index is 13.9. The maximum Gasteiger partial charge on any atom is 0.414 e. The van der Waals surface area contributed by atoms with Gasteiger partial charge in [0.15, 0.2) is 0 Å². The van der Waals surface area contributed by atoms with Crippen LogP contribution in [0.4, 0.5) is 4.39 Å². The molecule has 0 bridgehead atoms. The minimum atomic E-state index is -1.82. The first kappa shape index (κ1) is 25.1. The predicted molar refractivity (Wildman–Crippen MR) is 122 cm³/mol. The summed E-state index contributed by atoms with van der Waals surface area (Å²) in [4.78, 5) is 20.6. The lowest BCUT2D eigenvalue weighted by Gasteiger charge is -2.27. The minimum absolute atomic E-state index is 0.270. The van der Waals surface area contributed by atoms with E-state index in [9.17, 15) is 4.39 Å². The maximum atomic E-state index is 13.9. The topological polar surface area (TPSA) is 112 Å². The highest BCUT2D eigenvalue weighted by atomic mass is 19.1. The quantitative estimate of drug-likeness (QED) is 0.451. The molecule has 0 unspecified atom stereocenters. The van der Waals surface area contributed by atoms with E-state index >= 15 is 0 Å². The van der Waals surface area contributed by atoms with Crippen LogP contribution in [0.3, 0.4) is 0 Å². The summed E-state index contributed by atoms with van der Waals surface area (Å²) in [6, 6.07) is 18.9. The van der Waals surface area contributed by atoms with Crippen LogP contribution in [0.2, 0.25) is 0 Å². The van der Waals surface area contributed by atoms with Gasteiger partial charge in [0.25, 0.3) is 0 Å². The fraction of sp³-hybridized carbons (Fsp3) is 0.280. The highest BCUT2D eigenvalue weighted by Crippen LogP contribution is 2.24. The van der Waals surface area contributed by atoms with Crippen LogP contribution in [0.5, 0.6) is 0 Å². The molecule has 4 rings (SSSR count). The van der Waals surface area contributed by atoms with E-state index in [0.29, 0.717) is 17.9 Å². The average molecular weight is 470 g/mol. The fourth-order valence-corrected chi connectivity index (χ4v) is 3.48. The van der Waals surface area contributed by atoms with Crippen LogP contribution in [0, 0.1) is 5.82 Å². The van der Waals surface area contributed by atoms with Crippen molar-refractivity contribution < 1.29 is 33.3 Å². The summed E-state index contributed by atoms with van der Waals surface area (Å²) in [6.07, 6.45) is 0. The second kappa shape index (κ2) is 12.6. The first-order valence-electron chi connectivity index (χ1n) is 10.8. The van der Waals surface area contributed by atoms with Gasteiger partial charge < -0.3 is 24.7 Å². The number of carboxylic acid groups (broad SMARTS) is 2. The van der Waals surface area contributed by atoms with Crippen molar-refractivity contribution in [3.05, 3.63) is 83.4 Å². The molecule has 2 aromatic carbocycles. The number of carboxylic acids is 2. The zero-order valence-electron chi connectivity index (χ0n) is 18.6. The number of hydrogen-bond acceptors (Lipinski definition) is 6. The van der Waals surface area contributed by atoms with Crippen molar-refractivity contribution in [1.82, 2.24) is 10.2 Å². The van der Waals surface area contributed by atoms with Crippen molar-refractivity contribution >= 4 is 11.9 Å². The molecule has 8 nitrogen and oxygen atoms in total. The Morgan fingerprint density at radius 2 is 1.53 bits per heavy atom. The van der Waals surface area contributed by atoms with Gasteiger partial charge in [-0.15, -0.1) is 0 Å². The van der Waals surface area contributed by atoms with Gasteiger partial charge in [0.2, 0.25) is 0 Å². The largest absolute Gasteiger partial charge is 0.473 e. The number of halogens is 1. The molecule has 1 fully saturated rings. The van der Waals surface area contributed by atoms with Crippen LogP contribution >= 0.6 is 0 Å². The van der Waals surface area contributed by atoms with Crippen molar-refractivity contribution in [3.8, 4) is 11.3 Å². The average Bonchev–Trinajstić information content (AvgIpc) is 3.30. The molecule has 0 spiro atoms. The SMILES string of the molecule is Fc1ccccc1-c1ccc(CNCc2ccccc2CN2CCOCC2)o1.O=C(O)C(=O)O. The highest BCUT2D eigenvalue weighted by Gasteiger charge is 2.13. The molecule has 3 aromatic rings. The van der Waals surface area contributed by atoms with Crippen molar-refractivity contribution in [2.45, 2.75) is 19.6 Å². The van der Waals surface area contributed by atoms with Gasteiger partial charge in [-0.3, -0.25) is 4.90 Å². The summed E-state index contributed by atoms with van der Waals surface area (Å²) < 4.78 is 25.2. The Balaban J connectivity index is 0.000000481. The van der Waals surface area contributed by atoms with Gasteiger partial charge in [0.05, 0.1) is 25.3 Å². The van der Waals surface area contributed by atoms with E-state index in [1.165, 1.54) is 17.2 Å². The zero-order chi connectivity index (χ0) is 24.3. The molecule has 1 aliphatic heterocycles. The van der Waals surface area contributed by atoms with Crippen LogP contribution in [0.1, 0.15) is 16.9 Å². The lowest BCUT2D eigenvalue weighted by molar-refractivity contribution is -0.159. The molecule has 9 heteroatoms. The normalized spacial score (nSPS) is 13.7. The molecule has 3 N–H and O–H groups in total. The number of ether oxygens (including phenoxy) is 1. The van der Waals surface area contributed by atoms with E-state index in [4.69, 9.17) is 29.0 Å². The van der Waals surface area contributed by atoms with Gasteiger partial charge in [-0.1, -0.05) is 36.4 Å². The standard InChI is InChI=1S/C23H25FN2O2.C2H2O4/c24-22-8-4-3-7-21(22)23-10-9-20(28-23)16-25-15-18-5-1-2-6-19(18)17-26-11-13-27-14-12-26;3-1(4)2(5)6/h1-10,25H,11-17H2;(H,3,4)(H,5,6). The Morgan fingerprint density at radius 3 is 2.21 bits per heavy atom. The van der Waals surface area contributed by atoms with Crippen molar-refractivity contribution in [2.24, 2.45) is 0 Å². The van der Waals surface area contributed by atoms with Gasteiger partial charge in [-0.2, -0.15) is 0 Å². The third kappa shape index (κ3) is 7.51. The van der Waals surface area contributed by atoms with Gasteiger partial charge in [-0.05, 0) is 35.4 Å². The zero-order valence-corrected chi connectivity index (χ0v) is 18.6. The number of nitrogens with one attached hydrogen (secondary N) is 1. The highest BCUT2D eigenvalue weighted by molar-refractivity contribution is 6.27. The van der Waals surface area contributed by atoms with E-state index in [-0.39, 0.29) is 5.82 Å². The Hall–Kier alpha value is -3.53. The molecule has 1 aromatic heterocycles. The second-order valence-electron chi connectivity index (χ2n) is 7.62. The summed E-state index contributed by atoms with van der Waals surface area (Å²) in [6.45, 7) is 5.88. The molecule has 34 heavy (non-hydrogen) atoms. The Bertz CT molecular complexity index is 1080. The second-order valence-corrected chi connectivity index (χ2v) is 7.62.